The standard InChI is InChI=1S/C28H24N2O7S/c1-3-36-25-15-13-19(17-23(25)29(31)32)21-9-5-7-11-27(21)38(35)28-12-8-6-10-22(28)20-14-16-26(37-4-2)24(18-20)30(33)34/h5-18H,3-4H2,1-2H3. The first-order valence-electron chi connectivity index (χ1n) is 11.8. The van der Waals surface area contributed by atoms with E-state index in [1.54, 1.807) is 74.5 Å². The number of ether oxygens (including phenoxy) is 2. The van der Waals surface area contributed by atoms with Gasteiger partial charge in [0.1, 0.15) is 0 Å². The van der Waals surface area contributed by atoms with Crippen LogP contribution in [0.15, 0.2) is 94.7 Å². The molecule has 10 heteroatoms. The van der Waals surface area contributed by atoms with E-state index in [2.05, 4.69) is 0 Å². The summed E-state index contributed by atoms with van der Waals surface area (Å²) in [7, 11) is -1.73. The maximum atomic E-state index is 14.0. The van der Waals surface area contributed by atoms with E-state index in [0.717, 1.165) is 0 Å². The number of hydrogen-bond acceptors (Lipinski definition) is 7. The fraction of sp³-hybridized carbons (Fsp3) is 0.143. The molecule has 0 aromatic heterocycles. The van der Waals surface area contributed by atoms with Crippen LogP contribution in [0.4, 0.5) is 11.4 Å². The maximum Gasteiger partial charge on any atom is 0.311 e. The largest absolute Gasteiger partial charge is 0.487 e. The van der Waals surface area contributed by atoms with E-state index in [-0.39, 0.29) is 36.1 Å². The van der Waals surface area contributed by atoms with Gasteiger partial charge >= 0.3 is 11.4 Å². The molecule has 0 heterocycles. The van der Waals surface area contributed by atoms with Crippen LogP contribution in [0.3, 0.4) is 0 Å². The summed E-state index contributed by atoms with van der Waals surface area (Å²) in [6, 6.07) is 23.2. The molecule has 38 heavy (non-hydrogen) atoms. The summed E-state index contributed by atoms with van der Waals surface area (Å²) in [4.78, 5) is 23.2. The SMILES string of the molecule is CCOc1ccc(-c2ccccc2S(=O)c2ccccc2-c2ccc(OCC)c([N+](=O)[O-])c2)cc1[N+](=O)[O-]. The van der Waals surface area contributed by atoms with Crippen molar-refractivity contribution < 1.29 is 23.5 Å². The Hall–Kier alpha value is -4.57. The molecule has 4 aromatic rings. The monoisotopic (exact) mass is 532 g/mol. The fourth-order valence-electron chi connectivity index (χ4n) is 4.06. The van der Waals surface area contributed by atoms with Gasteiger partial charge in [-0.1, -0.05) is 48.5 Å². The van der Waals surface area contributed by atoms with Crippen molar-refractivity contribution in [3.8, 4) is 33.8 Å². The summed E-state index contributed by atoms with van der Waals surface area (Å²) in [5, 5.41) is 23.3. The Bertz CT molecular complexity index is 1420. The van der Waals surface area contributed by atoms with Gasteiger partial charge in [0.05, 0.1) is 43.7 Å². The molecule has 4 aromatic carbocycles. The van der Waals surface area contributed by atoms with Gasteiger partial charge in [-0.2, -0.15) is 0 Å². The third-order valence-electron chi connectivity index (χ3n) is 5.71. The zero-order valence-electron chi connectivity index (χ0n) is 20.7. The summed E-state index contributed by atoms with van der Waals surface area (Å²) < 4.78 is 24.8. The minimum absolute atomic E-state index is 0.155. The summed E-state index contributed by atoms with van der Waals surface area (Å²) in [5.41, 5.74) is 1.77. The Labute approximate surface area is 221 Å². The molecule has 0 unspecified atom stereocenters. The van der Waals surface area contributed by atoms with Crippen molar-refractivity contribution >= 4 is 22.2 Å². The third kappa shape index (κ3) is 5.40. The topological polar surface area (TPSA) is 122 Å². The van der Waals surface area contributed by atoms with Crippen LogP contribution in [0.5, 0.6) is 11.5 Å². The van der Waals surface area contributed by atoms with E-state index < -0.39 is 20.6 Å². The first-order chi connectivity index (χ1) is 18.3. The predicted octanol–water partition coefficient (Wildman–Crippen LogP) is 6.80. The van der Waals surface area contributed by atoms with Gasteiger partial charge in [0.25, 0.3) is 0 Å². The quantitative estimate of drug-likeness (QED) is 0.163. The van der Waals surface area contributed by atoms with Gasteiger partial charge in [-0.15, -0.1) is 0 Å². The van der Waals surface area contributed by atoms with Crippen LogP contribution in [-0.4, -0.2) is 27.3 Å². The Morgan fingerprint density at radius 3 is 1.42 bits per heavy atom. The molecule has 0 saturated heterocycles. The van der Waals surface area contributed by atoms with Crippen LogP contribution in [0.2, 0.25) is 0 Å². The molecule has 0 fully saturated rings. The van der Waals surface area contributed by atoms with E-state index >= 15 is 0 Å². The number of rotatable bonds is 10. The minimum Gasteiger partial charge on any atom is -0.487 e. The van der Waals surface area contributed by atoms with E-state index in [0.29, 0.717) is 32.0 Å². The highest BCUT2D eigenvalue weighted by atomic mass is 32.2. The summed E-state index contributed by atoms with van der Waals surface area (Å²) in [6.45, 7) is 4.04. The van der Waals surface area contributed by atoms with Crippen LogP contribution in [0, 0.1) is 20.2 Å². The van der Waals surface area contributed by atoms with Crippen LogP contribution in [-0.2, 0) is 10.8 Å². The molecule has 0 aliphatic carbocycles. The number of nitrogens with zero attached hydrogens (tertiary/aromatic N) is 2. The van der Waals surface area contributed by atoms with E-state index in [4.69, 9.17) is 9.47 Å². The molecule has 0 amide bonds. The van der Waals surface area contributed by atoms with Gasteiger partial charge < -0.3 is 9.47 Å². The molecular formula is C28H24N2O7S. The van der Waals surface area contributed by atoms with Crippen molar-refractivity contribution in [3.63, 3.8) is 0 Å². The van der Waals surface area contributed by atoms with E-state index in [9.17, 15) is 24.4 Å². The van der Waals surface area contributed by atoms with Crippen molar-refractivity contribution in [1.29, 1.82) is 0 Å². The summed E-state index contributed by atoms with van der Waals surface area (Å²) in [6.07, 6.45) is 0. The number of hydrogen-bond donors (Lipinski definition) is 0. The van der Waals surface area contributed by atoms with Gasteiger partial charge in [0, 0.05) is 12.1 Å². The lowest BCUT2D eigenvalue weighted by Gasteiger charge is -2.14. The van der Waals surface area contributed by atoms with Crippen molar-refractivity contribution in [3.05, 3.63) is 105 Å². The molecule has 0 atom stereocenters. The van der Waals surface area contributed by atoms with Gasteiger partial charge in [-0.25, -0.2) is 4.21 Å². The number of nitro benzene ring substituents is 2. The van der Waals surface area contributed by atoms with Crippen LogP contribution < -0.4 is 9.47 Å². The van der Waals surface area contributed by atoms with Crippen molar-refractivity contribution in [1.82, 2.24) is 0 Å². The zero-order chi connectivity index (χ0) is 27.2. The molecule has 0 radical (unpaired) electrons. The molecular weight excluding hydrogens is 508 g/mol. The maximum absolute atomic E-state index is 14.0. The highest BCUT2D eigenvalue weighted by Crippen LogP contribution is 2.39. The highest BCUT2D eigenvalue weighted by molar-refractivity contribution is 7.85. The molecule has 194 valence electrons. The molecule has 0 aliphatic heterocycles. The smallest absolute Gasteiger partial charge is 0.311 e. The average molecular weight is 533 g/mol. The fourth-order valence-corrected chi connectivity index (χ4v) is 5.47. The van der Waals surface area contributed by atoms with Gasteiger partial charge in [-0.05, 0) is 60.4 Å². The molecule has 0 saturated carbocycles. The second kappa shape index (κ2) is 11.7. The number of nitro groups is 2. The Morgan fingerprint density at radius 2 is 1.05 bits per heavy atom. The second-order valence-corrected chi connectivity index (χ2v) is 9.42. The molecule has 4 rings (SSSR count). The van der Waals surface area contributed by atoms with E-state index in [1.807, 2.05) is 0 Å². The first kappa shape index (κ1) is 26.5. The van der Waals surface area contributed by atoms with Gasteiger partial charge in [-0.3, -0.25) is 20.2 Å². The highest BCUT2D eigenvalue weighted by Gasteiger charge is 2.22. The third-order valence-corrected chi connectivity index (χ3v) is 7.22. The first-order valence-corrected chi connectivity index (χ1v) is 12.9. The Morgan fingerprint density at radius 1 is 0.658 bits per heavy atom. The average Bonchev–Trinajstić information content (AvgIpc) is 2.93. The van der Waals surface area contributed by atoms with Crippen LogP contribution in [0.25, 0.3) is 22.3 Å². The van der Waals surface area contributed by atoms with Gasteiger partial charge in [0.2, 0.25) is 0 Å². The predicted molar refractivity (Wildman–Crippen MR) is 144 cm³/mol. The lowest BCUT2D eigenvalue weighted by molar-refractivity contribution is -0.385. The zero-order valence-corrected chi connectivity index (χ0v) is 21.5. The molecule has 0 aliphatic rings. The van der Waals surface area contributed by atoms with Gasteiger partial charge in [0.15, 0.2) is 11.5 Å². The lowest BCUT2D eigenvalue weighted by atomic mass is 10.0. The van der Waals surface area contributed by atoms with Crippen molar-refractivity contribution in [2.45, 2.75) is 23.6 Å². The molecule has 0 spiro atoms. The van der Waals surface area contributed by atoms with Crippen LogP contribution >= 0.6 is 0 Å². The minimum atomic E-state index is -1.73. The van der Waals surface area contributed by atoms with E-state index in [1.165, 1.54) is 24.3 Å². The van der Waals surface area contributed by atoms with Crippen LogP contribution in [0.1, 0.15) is 13.8 Å². The Kier molecular flexibility index (Phi) is 8.12. The molecule has 9 nitrogen and oxygen atoms in total. The molecule has 0 N–H and O–H groups in total. The second-order valence-electron chi connectivity index (χ2n) is 8.01. The normalized spacial score (nSPS) is 10.8. The van der Waals surface area contributed by atoms with Crippen molar-refractivity contribution in [2.24, 2.45) is 0 Å². The summed E-state index contributed by atoms with van der Waals surface area (Å²) in [5.74, 6) is 0.310. The molecule has 0 bridgehead atoms. The number of benzene rings is 4. The summed E-state index contributed by atoms with van der Waals surface area (Å²) >= 11 is 0. The van der Waals surface area contributed by atoms with Crippen molar-refractivity contribution in [2.75, 3.05) is 13.2 Å². The lowest BCUT2D eigenvalue weighted by Crippen LogP contribution is -2.01. The Balaban J connectivity index is 1.82.